The van der Waals surface area contributed by atoms with Crippen LogP contribution >= 0.6 is 0 Å². The molecule has 20 heavy (non-hydrogen) atoms. The molecular weight excluding hydrogens is 266 g/mol. The van der Waals surface area contributed by atoms with Gasteiger partial charge in [0.15, 0.2) is 11.5 Å². The van der Waals surface area contributed by atoms with E-state index >= 15 is 0 Å². The van der Waals surface area contributed by atoms with Crippen molar-refractivity contribution in [3.05, 3.63) is 11.3 Å². The lowest BCUT2D eigenvalue weighted by atomic mass is 10.2. The maximum Gasteiger partial charge on any atom is 0.276 e. The first-order valence-electron chi connectivity index (χ1n) is 6.26. The lowest BCUT2D eigenvalue weighted by Gasteiger charge is -2.18. The second-order valence-electron chi connectivity index (χ2n) is 4.46. The summed E-state index contributed by atoms with van der Waals surface area (Å²) in [6.45, 7) is 2.38. The minimum atomic E-state index is -0.300. The molecule has 0 spiro atoms. The first-order chi connectivity index (χ1) is 9.66. The van der Waals surface area contributed by atoms with Gasteiger partial charge in [-0.25, -0.2) is 0 Å². The van der Waals surface area contributed by atoms with Crippen molar-refractivity contribution in [2.75, 3.05) is 18.5 Å². The normalized spacial score (nSPS) is 14.7. The van der Waals surface area contributed by atoms with Gasteiger partial charge in [-0.05, 0) is 17.7 Å². The van der Waals surface area contributed by atoms with Gasteiger partial charge < -0.3 is 20.0 Å². The molecule has 1 aliphatic heterocycles. The second-order valence-corrected chi connectivity index (χ2v) is 4.46. The Balaban J connectivity index is 2.23. The lowest BCUT2D eigenvalue weighted by molar-refractivity contribution is -0.782. The molecule has 0 saturated carbocycles. The molecule has 1 aliphatic rings. The van der Waals surface area contributed by atoms with Crippen LogP contribution < -0.4 is 19.7 Å². The second kappa shape index (κ2) is 4.87. The molecule has 3 rings (SSSR count). The van der Waals surface area contributed by atoms with Gasteiger partial charge in [0, 0.05) is 18.1 Å². The summed E-state index contributed by atoms with van der Waals surface area (Å²) in [5.74, 6) is 0.473. The Morgan fingerprint density at radius 3 is 2.90 bits per heavy atom. The maximum atomic E-state index is 11.5. The molecule has 0 radical (unpaired) electrons. The molecule has 0 fully saturated rings. The highest BCUT2D eigenvalue weighted by atomic mass is 16.8. The number of amides is 1. The van der Waals surface area contributed by atoms with E-state index in [9.17, 15) is 10.0 Å². The Morgan fingerprint density at radius 2 is 2.15 bits per heavy atom. The van der Waals surface area contributed by atoms with E-state index in [0.717, 1.165) is 12.8 Å². The average molecular weight is 279 g/mol. The van der Waals surface area contributed by atoms with E-state index in [4.69, 9.17) is 9.47 Å². The highest BCUT2D eigenvalue weighted by Crippen LogP contribution is 2.41. The first-order valence-corrected chi connectivity index (χ1v) is 6.26. The topological polar surface area (TPSA) is 101 Å². The fraction of sp³-hybridized carbons (Fsp3) is 0.417. The number of fused-ring (bicyclic) bond motifs is 2. The summed E-state index contributed by atoms with van der Waals surface area (Å²) in [5, 5.41) is 17.8. The van der Waals surface area contributed by atoms with Crippen molar-refractivity contribution in [1.82, 2.24) is 5.16 Å². The van der Waals surface area contributed by atoms with E-state index in [0.29, 0.717) is 30.4 Å². The van der Waals surface area contributed by atoms with Crippen molar-refractivity contribution in [2.24, 2.45) is 0 Å². The molecule has 0 saturated heterocycles. The molecule has 8 heteroatoms. The molecule has 1 aromatic heterocycles. The van der Waals surface area contributed by atoms with Crippen LogP contribution in [0.4, 0.5) is 5.69 Å². The fourth-order valence-corrected chi connectivity index (χ4v) is 2.07. The smallest absolute Gasteiger partial charge is 0.276 e. The molecule has 0 bridgehead atoms. The number of hydrogen-bond donors (Lipinski definition) is 1. The monoisotopic (exact) mass is 279 g/mol. The van der Waals surface area contributed by atoms with Crippen LogP contribution in [0.25, 0.3) is 11.0 Å². The molecule has 1 N–H and O–H groups in total. The van der Waals surface area contributed by atoms with E-state index in [1.165, 1.54) is 13.0 Å². The van der Waals surface area contributed by atoms with E-state index in [1.54, 1.807) is 0 Å². The van der Waals surface area contributed by atoms with Crippen molar-refractivity contribution >= 4 is 22.6 Å². The summed E-state index contributed by atoms with van der Waals surface area (Å²) in [7, 11) is 0. The van der Waals surface area contributed by atoms with Crippen LogP contribution in [-0.2, 0) is 4.79 Å². The fourth-order valence-electron chi connectivity index (χ4n) is 2.07. The highest BCUT2D eigenvalue weighted by Gasteiger charge is 2.26. The average Bonchev–Trinajstić information content (AvgIpc) is 2.72. The third-order valence-electron chi connectivity index (χ3n) is 2.94. The number of ether oxygens (including phenoxy) is 2. The van der Waals surface area contributed by atoms with Crippen molar-refractivity contribution < 1.29 is 23.8 Å². The zero-order valence-electron chi connectivity index (χ0n) is 10.8. The van der Waals surface area contributed by atoms with E-state index in [2.05, 4.69) is 15.1 Å². The largest absolute Gasteiger partial charge is 0.489 e. The Labute approximate surface area is 113 Å². The summed E-state index contributed by atoms with van der Waals surface area (Å²) in [5.41, 5.74) is 0.708. The predicted octanol–water partition coefficient (Wildman–Crippen LogP) is 0.971. The van der Waals surface area contributed by atoms with Gasteiger partial charge >= 0.3 is 0 Å². The number of nitrogens with zero attached hydrogens (tertiary/aromatic N) is 2. The number of carbonyl (C=O) groups excluding carboxylic acids is 1. The van der Waals surface area contributed by atoms with Gasteiger partial charge in [-0.15, -0.1) is 0 Å². The molecule has 8 nitrogen and oxygen atoms in total. The molecule has 106 valence electrons. The van der Waals surface area contributed by atoms with Crippen LogP contribution in [0.5, 0.6) is 11.5 Å². The van der Waals surface area contributed by atoms with Crippen molar-refractivity contribution in [3.8, 4) is 11.5 Å². The summed E-state index contributed by atoms with van der Waals surface area (Å²) >= 11 is 0. The highest BCUT2D eigenvalue weighted by molar-refractivity contribution is 6.01. The molecule has 2 heterocycles. The lowest BCUT2D eigenvalue weighted by Crippen LogP contribution is -2.23. The SMILES string of the molecule is CC(=O)Nc1c2c(cc3c1no[n+]3[O-])OCCCCO2. The maximum absolute atomic E-state index is 11.5. The van der Waals surface area contributed by atoms with Crippen molar-refractivity contribution in [1.29, 1.82) is 0 Å². The molecule has 0 aliphatic carbocycles. The van der Waals surface area contributed by atoms with Gasteiger partial charge in [-0.2, -0.15) is 0 Å². The van der Waals surface area contributed by atoms with Gasteiger partial charge in [-0.1, -0.05) is 0 Å². The summed E-state index contributed by atoms with van der Waals surface area (Å²) < 4.78 is 15.8. The van der Waals surface area contributed by atoms with E-state index in [1.807, 2.05) is 0 Å². The first kappa shape index (κ1) is 12.5. The van der Waals surface area contributed by atoms with E-state index in [-0.39, 0.29) is 21.8 Å². The molecular formula is C12H13N3O5. The van der Waals surface area contributed by atoms with Crippen LogP contribution in [-0.4, -0.2) is 24.3 Å². The minimum Gasteiger partial charge on any atom is -0.489 e. The predicted molar refractivity (Wildman–Crippen MR) is 67.5 cm³/mol. The van der Waals surface area contributed by atoms with Crippen LogP contribution in [0, 0.1) is 5.21 Å². The van der Waals surface area contributed by atoms with Gasteiger partial charge in [0.1, 0.15) is 5.69 Å². The number of aromatic nitrogens is 2. The van der Waals surface area contributed by atoms with Crippen LogP contribution in [0.1, 0.15) is 19.8 Å². The minimum absolute atomic E-state index is 0.177. The number of nitrogens with one attached hydrogen (secondary N) is 1. The molecule has 0 atom stereocenters. The summed E-state index contributed by atoms with van der Waals surface area (Å²) in [4.78, 5) is 11.6. The van der Waals surface area contributed by atoms with Crippen molar-refractivity contribution in [3.63, 3.8) is 0 Å². The third-order valence-corrected chi connectivity index (χ3v) is 2.94. The molecule has 1 aromatic carbocycles. The Kier molecular flexibility index (Phi) is 3.05. The zero-order valence-corrected chi connectivity index (χ0v) is 10.8. The zero-order chi connectivity index (χ0) is 14.1. The molecule has 2 aromatic rings. The van der Waals surface area contributed by atoms with Crippen LogP contribution in [0.15, 0.2) is 10.7 Å². The Bertz CT molecular complexity index is 667. The molecule has 1 amide bonds. The van der Waals surface area contributed by atoms with Gasteiger partial charge in [0.05, 0.1) is 13.2 Å². The van der Waals surface area contributed by atoms with Crippen molar-refractivity contribution in [2.45, 2.75) is 19.8 Å². The summed E-state index contributed by atoms with van der Waals surface area (Å²) in [6.07, 6.45) is 1.70. The van der Waals surface area contributed by atoms with Gasteiger partial charge in [0.25, 0.3) is 5.52 Å². The van der Waals surface area contributed by atoms with Crippen LogP contribution in [0.3, 0.4) is 0 Å². The molecule has 0 unspecified atom stereocenters. The van der Waals surface area contributed by atoms with E-state index < -0.39 is 0 Å². The quantitative estimate of drug-likeness (QED) is 0.781. The third kappa shape index (κ3) is 2.09. The number of hydrogen-bond acceptors (Lipinski definition) is 6. The summed E-state index contributed by atoms with van der Waals surface area (Å²) in [6, 6.07) is 1.50. The Hall–Kier alpha value is -2.51. The van der Waals surface area contributed by atoms with Gasteiger partial charge in [0.2, 0.25) is 11.4 Å². The standard InChI is InChI=1S/C12H13N3O5/c1-7(16)13-11-10-8(15(17)20-14-10)6-9-12(11)19-5-3-2-4-18-9/h6H,2-5H2,1H3,(H,13,16). The Morgan fingerprint density at radius 1 is 1.40 bits per heavy atom. The number of benzene rings is 1. The van der Waals surface area contributed by atoms with Crippen LogP contribution in [0.2, 0.25) is 0 Å². The number of carbonyl (C=O) groups is 1. The number of rotatable bonds is 1. The number of anilines is 1. The van der Waals surface area contributed by atoms with Gasteiger partial charge in [-0.3, -0.25) is 9.42 Å².